The predicted molar refractivity (Wildman–Crippen MR) is 73.2 cm³/mol. The predicted octanol–water partition coefficient (Wildman–Crippen LogP) is 3.73. The minimum atomic E-state index is 0.553. The Morgan fingerprint density at radius 2 is 1.82 bits per heavy atom. The molecule has 0 aliphatic carbocycles. The van der Waals surface area contributed by atoms with Gasteiger partial charge < -0.3 is 4.90 Å². The highest BCUT2D eigenvalue weighted by molar-refractivity contribution is 5.44. The molecule has 2 heterocycles. The lowest BCUT2D eigenvalue weighted by Crippen LogP contribution is -2.39. The van der Waals surface area contributed by atoms with Gasteiger partial charge in [-0.3, -0.25) is 4.98 Å². The van der Waals surface area contributed by atoms with E-state index in [1.54, 1.807) is 0 Å². The van der Waals surface area contributed by atoms with Crippen LogP contribution in [0.2, 0.25) is 0 Å². The summed E-state index contributed by atoms with van der Waals surface area (Å²) in [4.78, 5) is 6.57. The largest absolute Gasteiger partial charge is 0.371 e. The molecule has 0 saturated carbocycles. The van der Waals surface area contributed by atoms with Crippen LogP contribution in [0.1, 0.15) is 40.0 Å². The summed E-state index contributed by atoms with van der Waals surface area (Å²) < 4.78 is 0. The van der Waals surface area contributed by atoms with Crippen LogP contribution >= 0.6 is 0 Å². The zero-order valence-corrected chi connectivity index (χ0v) is 11.3. The highest BCUT2D eigenvalue weighted by Gasteiger charge is 2.30. The second kappa shape index (κ2) is 5.07. The molecule has 1 aromatic rings. The van der Waals surface area contributed by atoms with E-state index in [0.717, 1.165) is 5.92 Å². The van der Waals surface area contributed by atoms with Gasteiger partial charge in [0.25, 0.3) is 0 Å². The Kier molecular flexibility index (Phi) is 3.70. The average Bonchev–Trinajstić information content (AvgIpc) is 2.29. The Morgan fingerprint density at radius 3 is 2.35 bits per heavy atom. The Bertz CT molecular complexity index is 337. The van der Waals surface area contributed by atoms with E-state index in [0.29, 0.717) is 5.41 Å². The molecule has 1 aliphatic rings. The van der Waals surface area contributed by atoms with Crippen molar-refractivity contribution in [1.82, 2.24) is 4.98 Å². The molecular formula is C15H24N2. The number of hydrogen-bond donors (Lipinski definition) is 0. The van der Waals surface area contributed by atoms with Crippen LogP contribution in [0, 0.1) is 11.3 Å². The second-order valence-electron chi connectivity index (χ2n) is 6.10. The standard InChI is InChI=1S/C15H24N2/c1-13(2)12-15(3)6-10-17(11-7-15)14-4-8-16-9-5-14/h4-5,8-9,13H,6-7,10-12H2,1-3H3. The topological polar surface area (TPSA) is 16.1 Å². The van der Waals surface area contributed by atoms with Crippen molar-refractivity contribution in [3.05, 3.63) is 24.5 Å². The Balaban J connectivity index is 1.94. The van der Waals surface area contributed by atoms with Gasteiger partial charge in [-0.15, -0.1) is 0 Å². The summed E-state index contributed by atoms with van der Waals surface area (Å²) in [5.74, 6) is 0.812. The molecule has 0 aromatic carbocycles. The molecule has 0 amide bonds. The zero-order chi connectivity index (χ0) is 12.3. The van der Waals surface area contributed by atoms with Crippen LogP contribution in [0.3, 0.4) is 0 Å². The van der Waals surface area contributed by atoms with Crippen LogP contribution in [-0.2, 0) is 0 Å². The van der Waals surface area contributed by atoms with Gasteiger partial charge >= 0.3 is 0 Å². The lowest BCUT2D eigenvalue weighted by atomic mass is 9.74. The smallest absolute Gasteiger partial charge is 0.0397 e. The van der Waals surface area contributed by atoms with Gasteiger partial charge in [0.1, 0.15) is 0 Å². The highest BCUT2D eigenvalue weighted by Crippen LogP contribution is 2.38. The monoisotopic (exact) mass is 232 g/mol. The fourth-order valence-corrected chi connectivity index (χ4v) is 3.05. The molecule has 2 heteroatoms. The molecular weight excluding hydrogens is 208 g/mol. The maximum Gasteiger partial charge on any atom is 0.0397 e. The number of rotatable bonds is 3. The molecule has 1 saturated heterocycles. The first kappa shape index (κ1) is 12.4. The van der Waals surface area contributed by atoms with Crippen LogP contribution < -0.4 is 4.90 Å². The first-order valence-corrected chi connectivity index (χ1v) is 6.74. The molecule has 1 fully saturated rings. The highest BCUT2D eigenvalue weighted by atomic mass is 15.1. The molecule has 0 bridgehead atoms. The lowest BCUT2D eigenvalue weighted by molar-refractivity contribution is 0.199. The van der Waals surface area contributed by atoms with Gasteiger partial charge in [0.15, 0.2) is 0 Å². The average molecular weight is 232 g/mol. The summed E-state index contributed by atoms with van der Waals surface area (Å²) >= 11 is 0. The van der Waals surface area contributed by atoms with Crippen molar-refractivity contribution in [3.8, 4) is 0 Å². The molecule has 0 unspecified atom stereocenters. The molecule has 0 radical (unpaired) electrons. The summed E-state index contributed by atoms with van der Waals surface area (Å²) in [7, 11) is 0. The van der Waals surface area contributed by atoms with Crippen LogP contribution in [0.4, 0.5) is 5.69 Å². The minimum Gasteiger partial charge on any atom is -0.371 e. The van der Waals surface area contributed by atoms with E-state index in [9.17, 15) is 0 Å². The molecule has 2 nitrogen and oxygen atoms in total. The van der Waals surface area contributed by atoms with Gasteiger partial charge in [-0.25, -0.2) is 0 Å². The lowest BCUT2D eigenvalue weighted by Gasteiger charge is -2.41. The summed E-state index contributed by atoms with van der Waals surface area (Å²) in [6, 6.07) is 4.23. The Hall–Kier alpha value is -1.05. The third-order valence-electron chi connectivity index (χ3n) is 3.90. The number of piperidine rings is 1. The van der Waals surface area contributed by atoms with Crippen molar-refractivity contribution in [1.29, 1.82) is 0 Å². The summed E-state index contributed by atoms with van der Waals surface area (Å²) in [5, 5.41) is 0. The fraction of sp³-hybridized carbons (Fsp3) is 0.667. The first-order chi connectivity index (χ1) is 8.09. The minimum absolute atomic E-state index is 0.553. The van der Waals surface area contributed by atoms with Gasteiger partial charge in [0.05, 0.1) is 0 Å². The molecule has 17 heavy (non-hydrogen) atoms. The van der Waals surface area contributed by atoms with Crippen LogP contribution in [0.15, 0.2) is 24.5 Å². The Labute approximate surface area is 105 Å². The number of hydrogen-bond acceptors (Lipinski definition) is 2. The first-order valence-electron chi connectivity index (χ1n) is 6.74. The van der Waals surface area contributed by atoms with Crippen molar-refractivity contribution in [2.75, 3.05) is 18.0 Å². The van der Waals surface area contributed by atoms with Crippen LogP contribution in [0.25, 0.3) is 0 Å². The maximum atomic E-state index is 4.08. The van der Waals surface area contributed by atoms with Crippen molar-refractivity contribution in [2.45, 2.75) is 40.0 Å². The normalized spacial score (nSPS) is 19.6. The third-order valence-corrected chi connectivity index (χ3v) is 3.90. The zero-order valence-electron chi connectivity index (χ0n) is 11.3. The number of anilines is 1. The Morgan fingerprint density at radius 1 is 1.24 bits per heavy atom. The van der Waals surface area contributed by atoms with Gasteiger partial charge in [-0.05, 0) is 42.7 Å². The van der Waals surface area contributed by atoms with Crippen LogP contribution in [-0.4, -0.2) is 18.1 Å². The molecule has 94 valence electrons. The van der Waals surface area contributed by atoms with Crippen LogP contribution in [0.5, 0.6) is 0 Å². The van der Waals surface area contributed by atoms with Crippen molar-refractivity contribution in [3.63, 3.8) is 0 Å². The molecule has 0 N–H and O–H groups in total. The van der Waals surface area contributed by atoms with Crippen molar-refractivity contribution >= 4 is 5.69 Å². The maximum absolute atomic E-state index is 4.08. The van der Waals surface area contributed by atoms with E-state index < -0.39 is 0 Å². The van der Waals surface area contributed by atoms with E-state index in [1.807, 2.05) is 12.4 Å². The van der Waals surface area contributed by atoms with Gasteiger partial charge in [0.2, 0.25) is 0 Å². The van der Waals surface area contributed by atoms with Gasteiger partial charge in [-0.1, -0.05) is 20.8 Å². The van der Waals surface area contributed by atoms with Crippen molar-refractivity contribution in [2.24, 2.45) is 11.3 Å². The summed E-state index contributed by atoms with van der Waals surface area (Å²) in [5.41, 5.74) is 1.88. The second-order valence-corrected chi connectivity index (χ2v) is 6.10. The van der Waals surface area contributed by atoms with E-state index in [2.05, 4.69) is 42.8 Å². The number of aromatic nitrogens is 1. The number of nitrogens with zero attached hydrogens (tertiary/aromatic N) is 2. The molecule has 1 aromatic heterocycles. The molecule has 0 spiro atoms. The molecule has 2 rings (SSSR count). The third kappa shape index (κ3) is 3.21. The van der Waals surface area contributed by atoms with Crippen molar-refractivity contribution < 1.29 is 0 Å². The fourth-order valence-electron chi connectivity index (χ4n) is 3.05. The summed E-state index contributed by atoms with van der Waals surface area (Å²) in [6.45, 7) is 9.50. The van der Waals surface area contributed by atoms with E-state index >= 15 is 0 Å². The summed E-state index contributed by atoms with van der Waals surface area (Å²) in [6.07, 6.45) is 7.76. The van der Waals surface area contributed by atoms with E-state index in [1.165, 1.54) is 38.0 Å². The van der Waals surface area contributed by atoms with Gasteiger partial charge in [0, 0.05) is 31.2 Å². The molecule has 1 aliphatic heterocycles. The van der Waals surface area contributed by atoms with E-state index in [4.69, 9.17) is 0 Å². The SMILES string of the molecule is CC(C)CC1(C)CCN(c2ccncc2)CC1. The van der Waals surface area contributed by atoms with Gasteiger partial charge in [-0.2, -0.15) is 0 Å². The van der Waals surface area contributed by atoms with E-state index in [-0.39, 0.29) is 0 Å². The quantitative estimate of drug-likeness (QED) is 0.789. The molecule has 0 atom stereocenters. The number of pyridine rings is 1.